The van der Waals surface area contributed by atoms with Gasteiger partial charge in [-0.05, 0) is 48.4 Å². The quantitative estimate of drug-likeness (QED) is 0.722. The molecule has 1 atom stereocenters. The second-order valence-electron chi connectivity index (χ2n) is 8.31. The van der Waals surface area contributed by atoms with E-state index in [0.717, 1.165) is 37.1 Å². The minimum atomic E-state index is -0.579. The number of likely N-dealkylation sites (tertiary alicyclic amines) is 1. The molecule has 5 heteroatoms. The number of nitrogens with one attached hydrogen (secondary N) is 1. The fraction of sp³-hybridized carbons (Fsp3) is 0.440. The van der Waals surface area contributed by atoms with Crippen LogP contribution in [0.3, 0.4) is 0 Å². The van der Waals surface area contributed by atoms with Gasteiger partial charge in [-0.15, -0.1) is 0 Å². The first-order valence-electron chi connectivity index (χ1n) is 10.8. The van der Waals surface area contributed by atoms with Gasteiger partial charge in [0.2, 0.25) is 5.91 Å². The molecule has 0 bridgehead atoms. The van der Waals surface area contributed by atoms with Gasteiger partial charge in [-0.3, -0.25) is 9.59 Å². The van der Waals surface area contributed by atoms with Crippen molar-refractivity contribution in [1.29, 1.82) is 0 Å². The highest BCUT2D eigenvalue weighted by molar-refractivity contribution is 5.88. The molecule has 1 aliphatic rings. The van der Waals surface area contributed by atoms with E-state index >= 15 is 0 Å². The Morgan fingerprint density at radius 3 is 2.43 bits per heavy atom. The zero-order valence-corrected chi connectivity index (χ0v) is 18.2. The van der Waals surface area contributed by atoms with Gasteiger partial charge in [0.05, 0.1) is 0 Å². The average Bonchev–Trinajstić information content (AvgIpc) is 3.27. The molecule has 0 saturated carbocycles. The molecule has 160 valence electrons. The van der Waals surface area contributed by atoms with Gasteiger partial charge >= 0.3 is 0 Å². The molecule has 1 saturated heterocycles. The van der Waals surface area contributed by atoms with Crippen molar-refractivity contribution in [1.82, 2.24) is 10.2 Å². The van der Waals surface area contributed by atoms with Crippen LogP contribution in [0.25, 0.3) is 0 Å². The minimum absolute atomic E-state index is 0.0114. The first-order valence-corrected chi connectivity index (χ1v) is 10.8. The summed E-state index contributed by atoms with van der Waals surface area (Å²) in [5, 5.41) is 2.91. The number of carbonyl (C=O) groups is 2. The Kier molecular flexibility index (Phi) is 7.50. The normalized spacial score (nSPS) is 14.6. The topological polar surface area (TPSA) is 58.6 Å². The van der Waals surface area contributed by atoms with Crippen LogP contribution in [0, 0.1) is 6.92 Å². The van der Waals surface area contributed by atoms with E-state index in [-0.39, 0.29) is 18.4 Å². The molecule has 3 rings (SSSR count). The molecule has 0 radical (unpaired) electrons. The Balaban J connectivity index is 1.65. The van der Waals surface area contributed by atoms with E-state index in [1.807, 2.05) is 54.3 Å². The molecule has 0 aromatic heterocycles. The molecule has 30 heavy (non-hydrogen) atoms. The van der Waals surface area contributed by atoms with Crippen LogP contribution >= 0.6 is 0 Å². The average molecular weight is 409 g/mol. The molecule has 2 amide bonds. The number of hydrogen-bond donors (Lipinski definition) is 1. The van der Waals surface area contributed by atoms with Crippen molar-refractivity contribution in [3.8, 4) is 5.75 Å². The van der Waals surface area contributed by atoms with Crippen LogP contribution in [-0.2, 0) is 16.0 Å². The van der Waals surface area contributed by atoms with Crippen molar-refractivity contribution in [3.63, 3.8) is 0 Å². The summed E-state index contributed by atoms with van der Waals surface area (Å²) in [6.45, 7) is 7.63. The van der Waals surface area contributed by atoms with Gasteiger partial charge in [-0.2, -0.15) is 0 Å². The van der Waals surface area contributed by atoms with E-state index in [1.54, 1.807) is 0 Å². The predicted molar refractivity (Wildman–Crippen MR) is 119 cm³/mol. The maximum Gasteiger partial charge on any atom is 0.258 e. The lowest BCUT2D eigenvalue weighted by Crippen LogP contribution is -2.50. The lowest BCUT2D eigenvalue weighted by Gasteiger charge is -2.24. The van der Waals surface area contributed by atoms with Gasteiger partial charge < -0.3 is 15.0 Å². The summed E-state index contributed by atoms with van der Waals surface area (Å²) in [4.78, 5) is 27.5. The van der Waals surface area contributed by atoms with Crippen LogP contribution in [-0.4, -0.2) is 42.5 Å². The predicted octanol–water partition coefficient (Wildman–Crippen LogP) is 3.85. The molecule has 0 aliphatic carbocycles. The van der Waals surface area contributed by atoms with E-state index in [0.29, 0.717) is 18.1 Å². The lowest BCUT2D eigenvalue weighted by molar-refractivity contribution is -0.136. The SMILES string of the molecule is Cc1ccc(C(C)C)cc1OCC(=O)NC(Cc1ccccc1)C(=O)N1CCCC1. The number of rotatable bonds is 8. The van der Waals surface area contributed by atoms with Gasteiger partial charge in [0.25, 0.3) is 5.91 Å². The first-order chi connectivity index (χ1) is 14.4. The van der Waals surface area contributed by atoms with E-state index in [1.165, 1.54) is 5.56 Å². The third-order valence-electron chi connectivity index (χ3n) is 5.57. The molecule has 1 aliphatic heterocycles. The molecule has 5 nitrogen and oxygen atoms in total. The number of carbonyl (C=O) groups excluding carboxylic acids is 2. The zero-order chi connectivity index (χ0) is 21.5. The molecular formula is C25H32N2O3. The monoisotopic (exact) mass is 408 g/mol. The standard InChI is InChI=1S/C25H32N2O3/c1-18(2)21-12-11-19(3)23(16-21)30-17-24(28)26-22(15-20-9-5-4-6-10-20)25(29)27-13-7-8-14-27/h4-6,9-12,16,18,22H,7-8,13-15,17H2,1-3H3,(H,26,28). The number of hydrogen-bond acceptors (Lipinski definition) is 3. The summed E-state index contributed by atoms with van der Waals surface area (Å²) in [5.74, 6) is 0.803. The van der Waals surface area contributed by atoms with Crippen LogP contribution in [0.1, 0.15) is 49.3 Å². The van der Waals surface area contributed by atoms with Gasteiger partial charge in [0.1, 0.15) is 11.8 Å². The second-order valence-corrected chi connectivity index (χ2v) is 8.31. The Labute approximate surface area is 179 Å². The third kappa shape index (κ3) is 5.85. The highest BCUT2D eigenvalue weighted by Crippen LogP contribution is 2.24. The Hall–Kier alpha value is -2.82. The number of amides is 2. The molecule has 1 N–H and O–H groups in total. The van der Waals surface area contributed by atoms with Crippen molar-refractivity contribution in [2.45, 2.75) is 52.0 Å². The highest BCUT2D eigenvalue weighted by atomic mass is 16.5. The number of benzene rings is 2. The third-order valence-corrected chi connectivity index (χ3v) is 5.57. The largest absolute Gasteiger partial charge is 0.483 e. The van der Waals surface area contributed by atoms with Crippen molar-refractivity contribution < 1.29 is 14.3 Å². The summed E-state index contributed by atoms with van der Waals surface area (Å²) in [6, 6.07) is 15.3. The van der Waals surface area contributed by atoms with Crippen molar-refractivity contribution >= 4 is 11.8 Å². The summed E-state index contributed by atoms with van der Waals surface area (Å²) in [7, 11) is 0. The van der Waals surface area contributed by atoms with Gasteiger partial charge in [-0.1, -0.05) is 56.3 Å². The van der Waals surface area contributed by atoms with Gasteiger partial charge in [0, 0.05) is 19.5 Å². The number of ether oxygens (including phenoxy) is 1. The highest BCUT2D eigenvalue weighted by Gasteiger charge is 2.28. The maximum absolute atomic E-state index is 13.0. The first kappa shape index (κ1) is 21.9. The smallest absolute Gasteiger partial charge is 0.258 e. The molecule has 0 spiro atoms. The van der Waals surface area contributed by atoms with Crippen LogP contribution in [0.15, 0.2) is 48.5 Å². The van der Waals surface area contributed by atoms with Crippen molar-refractivity contribution in [3.05, 3.63) is 65.2 Å². The molecular weight excluding hydrogens is 376 g/mol. The van der Waals surface area contributed by atoms with Crippen molar-refractivity contribution in [2.24, 2.45) is 0 Å². The Bertz CT molecular complexity index is 858. The van der Waals surface area contributed by atoms with E-state index < -0.39 is 6.04 Å². The summed E-state index contributed by atoms with van der Waals surface area (Å²) >= 11 is 0. The van der Waals surface area contributed by atoms with Crippen LogP contribution in [0.5, 0.6) is 5.75 Å². The maximum atomic E-state index is 13.0. The van der Waals surface area contributed by atoms with Crippen LogP contribution in [0.2, 0.25) is 0 Å². The van der Waals surface area contributed by atoms with Crippen LogP contribution < -0.4 is 10.1 Å². The van der Waals surface area contributed by atoms with Crippen molar-refractivity contribution in [2.75, 3.05) is 19.7 Å². The summed E-state index contributed by atoms with van der Waals surface area (Å²) < 4.78 is 5.81. The van der Waals surface area contributed by atoms with Gasteiger partial charge in [0.15, 0.2) is 6.61 Å². The molecule has 2 aromatic rings. The fourth-order valence-corrected chi connectivity index (χ4v) is 3.72. The number of aryl methyl sites for hydroxylation is 1. The Morgan fingerprint density at radius 2 is 1.77 bits per heavy atom. The molecule has 1 heterocycles. The Morgan fingerprint density at radius 1 is 1.07 bits per heavy atom. The lowest BCUT2D eigenvalue weighted by atomic mass is 10.0. The second kappa shape index (κ2) is 10.3. The van der Waals surface area contributed by atoms with Crippen LogP contribution in [0.4, 0.5) is 0 Å². The zero-order valence-electron chi connectivity index (χ0n) is 18.2. The van der Waals surface area contributed by atoms with E-state index in [9.17, 15) is 9.59 Å². The fourth-order valence-electron chi connectivity index (χ4n) is 3.72. The molecule has 1 fully saturated rings. The minimum Gasteiger partial charge on any atom is -0.483 e. The van der Waals surface area contributed by atoms with E-state index in [4.69, 9.17) is 4.74 Å². The summed E-state index contributed by atoms with van der Waals surface area (Å²) in [6.07, 6.45) is 2.52. The van der Waals surface area contributed by atoms with Gasteiger partial charge in [-0.25, -0.2) is 0 Å². The number of nitrogens with zero attached hydrogens (tertiary/aromatic N) is 1. The van der Waals surface area contributed by atoms with E-state index in [2.05, 4.69) is 25.2 Å². The molecule has 2 aromatic carbocycles. The molecule has 1 unspecified atom stereocenters. The summed E-state index contributed by atoms with van der Waals surface area (Å²) in [5.41, 5.74) is 3.18.